The van der Waals surface area contributed by atoms with Crippen molar-refractivity contribution < 1.29 is 10.2 Å². The lowest BCUT2D eigenvalue weighted by Gasteiger charge is -2.35. The largest absolute Gasteiger partial charge is 0.508 e. The van der Waals surface area contributed by atoms with Gasteiger partial charge >= 0.3 is 0 Å². The number of phenolic OH excluding ortho intramolecular Hbond substituents is 2. The smallest absolute Gasteiger partial charge is 0.119 e. The van der Waals surface area contributed by atoms with Gasteiger partial charge in [-0.3, -0.25) is 0 Å². The van der Waals surface area contributed by atoms with E-state index in [1.807, 2.05) is 24.3 Å². The molecule has 0 saturated carbocycles. The van der Waals surface area contributed by atoms with Crippen LogP contribution in [-0.2, 0) is 19.3 Å². The van der Waals surface area contributed by atoms with E-state index in [2.05, 4.69) is 23.2 Å². The molecule has 2 aromatic rings. The van der Waals surface area contributed by atoms with Crippen molar-refractivity contribution in [2.75, 3.05) is 26.2 Å². The van der Waals surface area contributed by atoms with Crippen molar-refractivity contribution in [2.45, 2.75) is 70.8 Å². The van der Waals surface area contributed by atoms with E-state index < -0.39 is 0 Å². The molecule has 33 heavy (non-hydrogen) atoms. The van der Waals surface area contributed by atoms with Crippen LogP contribution in [0.3, 0.4) is 0 Å². The first kappa shape index (κ1) is 30.0. The van der Waals surface area contributed by atoms with Crippen LogP contribution < -0.4 is 5.32 Å². The lowest BCUT2D eigenvalue weighted by Crippen LogP contribution is -2.40. The van der Waals surface area contributed by atoms with Gasteiger partial charge in [0, 0.05) is 6.04 Å². The number of halogens is 2. The second-order valence-electron chi connectivity index (χ2n) is 8.93. The summed E-state index contributed by atoms with van der Waals surface area (Å²) in [4.78, 5) is 2.70. The highest BCUT2D eigenvalue weighted by Crippen LogP contribution is 2.30. The molecule has 0 aromatic heterocycles. The number of nitrogens with zero attached hydrogens (tertiary/aromatic N) is 1. The fraction of sp³-hybridized carbons (Fsp3) is 0.556. The monoisotopic (exact) mass is 584 g/mol. The van der Waals surface area contributed by atoms with E-state index >= 15 is 0 Å². The SMILES string of the molecule is Br.Br.CCCN(CCCCCCNCCc1ccc(O)cc1)[C@H]1CCc2c(O)cccc2C1. The van der Waals surface area contributed by atoms with Gasteiger partial charge in [0.05, 0.1) is 0 Å². The highest BCUT2D eigenvalue weighted by Gasteiger charge is 2.24. The topological polar surface area (TPSA) is 55.7 Å². The number of hydrogen-bond acceptors (Lipinski definition) is 4. The molecule has 3 rings (SSSR count). The van der Waals surface area contributed by atoms with Gasteiger partial charge in [-0.15, -0.1) is 34.0 Å². The predicted octanol–water partition coefficient (Wildman–Crippen LogP) is 6.22. The van der Waals surface area contributed by atoms with Crippen molar-refractivity contribution in [1.82, 2.24) is 10.2 Å². The zero-order valence-corrected chi connectivity index (χ0v) is 23.4. The van der Waals surface area contributed by atoms with E-state index in [1.165, 1.54) is 61.9 Å². The molecule has 0 bridgehead atoms. The van der Waals surface area contributed by atoms with Crippen LogP contribution in [0.15, 0.2) is 42.5 Å². The predicted molar refractivity (Wildman–Crippen MR) is 150 cm³/mol. The second kappa shape index (κ2) is 16.5. The maximum Gasteiger partial charge on any atom is 0.119 e. The zero-order chi connectivity index (χ0) is 21.9. The maximum atomic E-state index is 10.1. The van der Waals surface area contributed by atoms with Gasteiger partial charge in [-0.1, -0.05) is 44.0 Å². The number of nitrogens with one attached hydrogen (secondary N) is 1. The van der Waals surface area contributed by atoms with Crippen molar-refractivity contribution in [3.63, 3.8) is 0 Å². The van der Waals surface area contributed by atoms with Crippen molar-refractivity contribution >= 4 is 34.0 Å². The van der Waals surface area contributed by atoms with Gasteiger partial charge in [-0.25, -0.2) is 0 Å². The number of benzene rings is 2. The Kier molecular flexibility index (Phi) is 15.0. The van der Waals surface area contributed by atoms with Crippen molar-refractivity contribution in [3.05, 3.63) is 59.2 Å². The first-order valence-electron chi connectivity index (χ1n) is 12.2. The van der Waals surface area contributed by atoms with Gasteiger partial charge in [0.25, 0.3) is 0 Å². The average Bonchev–Trinajstić information content (AvgIpc) is 2.78. The molecular formula is C27H42Br2N2O2. The summed E-state index contributed by atoms with van der Waals surface area (Å²) >= 11 is 0. The summed E-state index contributed by atoms with van der Waals surface area (Å²) in [5.41, 5.74) is 3.78. The molecule has 1 aliphatic rings. The molecule has 0 radical (unpaired) electrons. The summed E-state index contributed by atoms with van der Waals surface area (Å²) in [6.45, 7) is 6.73. The minimum Gasteiger partial charge on any atom is -0.508 e. The van der Waals surface area contributed by atoms with Crippen LogP contribution in [0, 0.1) is 0 Å². The number of aromatic hydroxyl groups is 2. The van der Waals surface area contributed by atoms with Crippen molar-refractivity contribution in [2.24, 2.45) is 0 Å². The Morgan fingerprint density at radius 3 is 2.42 bits per heavy atom. The van der Waals surface area contributed by atoms with Gasteiger partial charge < -0.3 is 20.4 Å². The van der Waals surface area contributed by atoms with E-state index in [0.29, 0.717) is 17.5 Å². The molecule has 0 unspecified atom stereocenters. The Hall–Kier alpha value is -1.08. The van der Waals surface area contributed by atoms with Gasteiger partial charge in [0.1, 0.15) is 11.5 Å². The van der Waals surface area contributed by atoms with Crippen LogP contribution in [0.4, 0.5) is 0 Å². The fourth-order valence-corrected chi connectivity index (χ4v) is 4.78. The third-order valence-corrected chi connectivity index (χ3v) is 6.53. The third kappa shape index (κ3) is 9.97. The highest BCUT2D eigenvalue weighted by molar-refractivity contribution is 8.93. The minimum atomic E-state index is 0. The Bertz CT molecular complexity index is 786. The summed E-state index contributed by atoms with van der Waals surface area (Å²) in [6.07, 6.45) is 10.5. The van der Waals surface area contributed by atoms with Gasteiger partial charge in [-0.05, 0) is 106 Å². The number of unbranched alkanes of at least 4 members (excludes halogenated alkanes) is 3. The van der Waals surface area contributed by atoms with Crippen LogP contribution in [0.25, 0.3) is 0 Å². The summed E-state index contributed by atoms with van der Waals surface area (Å²) in [6, 6.07) is 14.1. The van der Waals surface area contributed by atoms with Crippen molar-refractivity contribution in [1.29, 1.82) is 0 Å². The number of phenols is 2. The van der Waals surface area contributed by atoms with Crippen LogP contribution in [0.1, 0.15) is 62.1 Å². The van der Waals surface area contributed by atoms with E-state index in [1.54, 1.807) is 12.1 Å². The lowest BCUT2D eigenvalue weighted by atomic mass is 9.86. The summed E-state index contributed by atoms with van der Waals surface area (Å²) in [5, 5.41) is 23.0. The molecule has 1 aliphatic carbocycles. The normalized spacial score (nSPS) is 14.9. The molecular weight excluding hydrogens is 544 g/mol. The van der Waals surface area contributed by atoms with Gasteiger partial charge in [0.15, 0.2) is 0 Å². The second-order valence-corrected chi connectivity index (χ2v) is 8.93. The third-order valence-electron chi connectivity index (χ3n) is 6.53. The molecule has 0 amide bonds. The first-order chi connectivity index (χ1) is 15.2. The maximum absolute atomic E-state index is 10.1. The quantitative estimate of drug-likeness (QED) is 0.244. The van der Waals surface area contributed by atoms with Gasteiger partial charge in [-0.2, -0.15) is 0 Å². The minimum absolute atomic E-state index is 0. The van der Waals surface area contributed by atoms with E-state index in [4.69, 9.17) is 0 Å². The summed E-state index contributed by atoms with van der Waals surface area (Å²) < 4.78 is 0. The molecule has 2 aromatic carbocycles. The van der Waals surface area contributed by atoms with E-state index in [0.717, 1.165) is 38.8 Å². The lowest BCUT2D eigenvalue weighted by molar-refractivity contribution is 0.175. The molecule has 0 heterocycles. The van der Waals surface area contributed by atoms with Crippen LogP contribution in [0.2, 0.25) is 0 Å². The number of hydrogen-bond donors (Lipinski definition) is 3. The standard InChI is InChI=1S/C27H40N2O2.2BrH/c1-2-19-29(24-12-15-26-23(21-24)8-7-9-27(26)31)20-6-4-3-5-17-28-18-16-22-10-13-25(30)14-11-22;;/h7-11,13-14,24,28,30-31H,2-6,12,15-21H2,1H3;2*1H/t24-;;/m0../s1. The Morgan fingerprint density at radius 1 is 0.909 bits per heavy atom. The van der Waals surface area contributed by atoms with E-state index in [9.17, 15) is 10.2 Å². The van der Waals surface area contributed by atoms with E-state index in [-0.39, 0.29) is 34.0 Å². The molecule has 6 heteroatoms. The molecule has 0 aliphatic heterocycles. The van der Waals surface area contributed by atoms with Crippen LogP contribution in [0.5, 0.6) is 11.5 Å². The molecule has 0 fully saturated rings. The summed E-state index contributed by atoms with van der Waals surface area (Å²) in [7, 11) is 0. The molecule has 4 nitrogen and oxygen atoms in total. The van der Waals surface area contributed by atoms with Crippen LogP contribution >= 0.6 is 34.0 Å². The molecule has 186 valence electrons. The molecule has 0 saturated heterocycles. The van der Waals surface area contributed by atoms with Crippen molar-refractivity contribution in [3.8, 4) is 11.5 Å². The number of fused-ring (bicyclic) bond motifs is 1. The Balaban J connectivity index is 0.00000272. The highest BCUT2D eigenvalue weighted by atomic mass is 79.9. The Morgan fingerprint density at radius 2 is 1.67 bits per heavy atom. The fourth-order valence-electron chi connectivity index (χ4n) is 4.78. The average molecular weight is 586 g/mol. The molecule has 0 spiro atoms. The molecule has 3 N–H and O–H groups in total. The zero-order valence-electron chi connectivity index (χ0n) is 20.0. The van der Waals surface area contributed by atoms with Crippen LogP contribution in [-0.4, -0.2) is 47.3 Å². The summed E-state index contributed by atoms with van der Waals surface area (Å²) in [5.74, 6) is 0.816. The first-order valence-corrected chi connectivity index (χ1v) is 12.2. The number of rotatable bonds is 13. The van der Waals surface area contributed by atoms with Gasteiger partial charge in [0.2, 0.25) is 0 Å². The Labute approximate surface area is 221 Å². The molecule has 1 atom stereocenters.